The van der Waals surface area contributed by atoms with E-state index in [-0.39, 0.29) is 11.1 Å². The topological polar surface area (TPSA) is 113 Å². The largest absolute Gasteiger partial charge is 0.408 e. The maximum atomic E-state index is 12.3. The van der Waals surface area contributed by atoms with Crippen LogP contribution in [0.5, 0.6) is 5.75 Å². The van der Waals surface area contributed by atoms with Crippen molar-refractivity contribution in [1.82, 2.24) is 0 Å². The molecule has 0 N–H and O–H groups in total. The van der Waals surface area contributed by atoms with Gasteiger partial charge in [-0.25, -0.2) is 4.79 Å². The zero-order chi connectivity index (χ0) is 19.4. The Morgan fingerprint density at radius 3 is 1.70 bits per heavy atom. The van der Waals surface area contributed by atoms with E-state index in [0.717, 1.165) is 12.1 Å². The number of nitrogens with zero attached hydrogens (tertiary/aromatic N) is 2. The number of nitro groups is 2. The fraction of sp³-hybridized carbons (Fsp3) is 0. The van der Waals surface area contributed by atoms with E-state index in [1.807, 2.05) is 0 Å². The number of carbonyl (C=O) groups excluding carboxylic acids is 1. The Labute approximate surface area is 152 Å². The second kappa shape index (κ2) is 7.44. The molecule has 8 nitrogen and oxygen atoms in total. The van der Waals surface area contributed by atoms with E-state index in [1.54, 1.807) is 48.5 Å². The molecule has 0 heterocycles. The molecule has 0 amide bonds. The summed E-state index contributed by atoms with van der Waals surface area (Å²) >= 11 is 0. The third kappa shape index (κ3) is 3.79. The molecule has 0 aromatic heterocycles. The zero-order valence-corrected chi connectivity index (χ0v) is 13.8. The number of benzene rings is 3. The predicted molar refractivity (Wildman–Crippen MR) is 96.6 cm³/mol. The first-order valence-electron chi connectivity index (χ1n) is 7.77. The molecule has 0 fully saturated rings. The van der Waals surface area contributed by atoms with Crippen LogP contribution in [0, 0.1) is 20.2 Å². The molecule has 8 heteroatoms. The van der Waals surface area contributed by atoms with E-state index < -0.39 is 32.9 Å². The van der Waals surface area contributed by atoms with E-state index >= 15 is 0 Å². The maximum Gasteiger partial charge on any atom is 0.344 e. The molecule has 3 aromatic rings. The lowest BCUT2D eigenvalue weighted by atomic mass is 10.0. The molecule has 0 aliphatic carbocycles. The number of nitro benzene ring substituents is 2. The molecule has 27 heavy (non-hydrogen) atoms. The second-order valence-corrected chi connectivity index (χ2v) is 5.48. The Hall–Kier alpha value is -4.07. The number of rotatable bonds is 5. The predicted octanol–water partition coefficient (Wildman–Crippen LogP) is 4.39. The average molecular weight is 364 g/mol. The number of ether oxygens (including phenoxy) is 1. The van der Waals surface area contributed by atoms with Gasteiger partial charge in [-0.05, 0) is 23.3 Å². The molecule has 0 saturated heterocycles. The summed E-state index contributed by atoms with van der Waals surface area (Å²) in [5.41, 5.74) is -0.369. The number of esters is 1. The van der Waals surface area contributed by atoms with Crippen LogP contribution in [0.2, 0.25) is 0 Å². The van der Waals surface area contributed by atoms with Gasteiger partial charge in [0.2, 0.25) is 0 Å². The Morgan fingerprint density at radius 2 is 1.22 bits per heavy atom. The highest BCUT2D eigenvalue weighted by Crippen LogP contribution is 2.41. The van der Waals surface area contributed by atoms with Gasteiger partial charge < -0.3 is 4.74 Å². The van der Waals surface area contributed by atoms with Crippen molar-refractivity contribution in [2.24, 2.45) is 0 Å². The van der Waals surface area contributed by atoms with E-state index in [2.05, 4.69) is 0 Å². The first-order chi connectivity index (χ1) is 13.0. The van der Waals surface area contributed by atoms with Gasteiger partial charge in [-0.2, -0.15) is 0 Å². The molecule has 0 spiro atoms. The monoisotopic (exact) mass is 364 g/mol. The summed E-state index contributed by atoms with van der Waals surface area (Å²) in [7, 11) is 0. The zero-order valence-electron chi connectivity index (χ0n) is 13.8. The minimum absolute atomic E-state index is 0.119. The molecule has 0 aliphatic rings. The molecule has 0 unspecified atom stereocenters. The lowest BCUT2D eigenvalue weighted by Crippen LogP contribution is -2.11. The van der Waals surface area contributed by atoms with Gasteiger partial charge >= 0.3 is 17.3 Å². The smallest absolute Gasteiger partial charge is 0.344 e. The van der Waals surface area contributed by atoms with Crippen molar-refractivity contribution >= 4 is 17.3 Å². The standard InChI is InChI=1S/C19H12N2O6/c22-19(14-9-5-2-6-10-14)27-18-16(20(23)24)11-15(12-17(18)21(25)26)13-7-3-1-4-8-13/h1-12H. The van der Waals surface area contributed by atoms with Crippen LogP contribution in [0.25, 0.3) is 11.1 Å². The minimum Gasteiger partial charge on any atom is -0.408 e. The van der Waals surface area contributed by atoms with Crippen molar-refractivity contribution in [1.29, 1.82) is 0 Å². The Bertz CT molecular complexity index is 984. The van der Waals surface area contributed by atoms with Crippen molar-refractivity contribution in [2.45, 2.75) is 0 Å². The lowest BCUT2D eigenvalue weighted by molar-refractivity contribution is -0.395. The Kier molecular flexibility index (Phi) is 4.89. The van der Waals surface area contributed by atoms with Gasteiger partial charge in [0.1, 0.15) is 0 Å². The van der Waals surface area contributed by atoms with Crippen molar-refractivity contribution in [3.63, 3.8) is 0 Å². The van der Waals surface area contributed by atoms with Gasteiger partial charge in [-0.1, -0.05) is 48.5 Å². The fourth-order valence-electron chi connectivity index (χ4n) is 2.50. The molecule has 0 saturated carbocycles. The SMILES string of the molecule is O=C(Oc1c([N+](=O)[O-])cc(-c2ccccc2)cc1[N+](=O)[O-])c1ccccc1. The first-order valence-corrected chi connectivity index (χ1v) is 7.77. The number of hydrogen-bond donors (Lipinski definition) is 0. The fourth-order valence-corrected chi connectivity index (χ4v) is 2.50. The normalized spacial score (nSPS) is 10.2. The van der Waals surface area contributed by atoms with E-state index in [0.29, 0.717) is 5.56 Å². The van der Waals surface area contributed by atoms with Gasteiger partial charge in [0, 0.05) is 12.1 Å². The van der Waals surface area contributed by atoms with E-state index in [1.165, 1.54) is 12.1 Å². The van der Waals surface area contributed by atoms with Gasteiger partial charge in [0.05, 0.1) is 15.4 Å². The van der Waals surface area contributed by atoms with Gasteiger partial charge in [-0.3, -0.25) is 20.2 Å². The summed E-state index contributed by atoms with van der Waals surface area (Å²) in [6, 6.07) is 18.5. The molecule has 134 valence electrons. The molecule has 0 aliphatic heterocycles. The summed E-state index contributed by atoms with van der Waals surface area (Å²) < 4.78 is 5.05. The third-order valence-corrected chi connectivity index (χ3v) is 3.75. The van der Waals surface area contributed by atoms with Crippen LogP contribution in [0.1, 0.15) is 10.4 Å². The molecule has 3 rings (SSSR count). The van der Waals surface area contributed by atoms with Crippen molar-refractivity contribution in [2.75, 3.05) is 0 Å². The van der Waals surface area contributed by atoms with Crippen molar-refractivity contribution < 1.29 is 19.4 Å². The summed E-state index contributed by atoms with van der Waals surface area (Å²) in [4.78, 5) is 33.6. The first kappa shape index (κ1) is 17.7. The van der Waals surface area contributed by atoms with Crippen LogP contribution >= 0.6 is 0 Å². The van der Waals surface area contributed by atoms with Crippen LogP contribution in [-0.4, -0.2) is 15.8 Å². The Morgan fingerprint density at radius 1 is 0.741 bits per heavy atom. The number of hydrogen-bond acceptors (Lipinski definition) is 6. The van der Waals surface area contributed by atoms with Gasteiger partial charge in [-0.15, -0.1) is 0 Å². The summed E-state index contributed by atoms with van der Waals surface area (Å²) in [6.45, 7) is 0. The van der Waals surface area contributed by atoms with Crippen LogP contribution < -0.4 is 4.74 Å². The number of carbonyl (C=O) groups is 1. The minimum atomic E-state index is -0.922. The third-order valence-electron chi connectivity index (χ3n) is 3.75. The molecule has 0 atom stereocenters. The second-order valence-electron chi connectivity index (χ2n) is 5.48. The van der Waals surface area contributed by atoms with Gasteiger partial charge in [0.25, 0.3) is 5.75 Å². The van der Waals surface area contributed by atoms with Crippen LogP contribution in [0.4, 0.5) is 11.4 Å². The summed E-state index contributed by atoms with van der Waals surface area (Å²) in [6.07, 6.45) is 0. The van der Waals surface area contributed by atoms with E-state index in [9.17, 15) is 25.0 Å². The van der Waals surface area contributed by atoms with Crippen molar-refractivity contribution in [3.8, 4) is 16.9 Å². The summed E-state index contributed by atoms with van der Waals surface area (Å²) in [5.74, 6) is -1.62. The average Bonchev–Trinajstić information content (AvgIpc) is 2.69. The highest BCUT2D eigenvalue weighted by Gasteiger charge is 2.31. The highest BCUT2D eigenvalue weighted by molar-refractivity contribution is 5.92. The highest BCUT2D eigenvalue weighted by atomic mass is 16.6. The summed E-state index contributed by atoms with van der Waals surface area (Å²) in [5, 5.41) is 23.0. The Balaban J connectivity index is 2.13. The van der Waals surface area contributed by atoms with Gasteiger partial charge in [0.15, 0.2) is 0 Å². The van der Waals surface area contributed by atoms with Crippen molar-refractivity contribution in [3.05, 3.63) is 98.6 Å². The maximum absolute atomic E-state index is 12.3. The molecule has 0 radical (unpaired) electrons. The van der Waals surface area contributed by atoms with Crippen LogP contribution in [0.3, 0.4) is 0 Å². The quantitative estimate of drug-likeness (QED) is 0.287. The molecular weight excluding hydrogens is 352 g/mol. The molecule has 0 bridgehead atoms. The lowest BCUT2D eigenvalue weighted by Gasteiger charge is -2.08. The molecular formula is C19H12N2O6. The van der Waals surface area contributed by atoms with Crippen LogP contribution in [0.15, 0.2) is 72.8 Å². The molecule has 3 aromatic carbocycles. The van der Waals surface area contributed by atoms with E-state index in [4.69, 9.17) is 4.74 Å². The van der Waals surface area contributed by atoms with Crippen LogP contribution in [-0.2, 0) is 0 Å².